The fourth-order valence-corrected chi connectivity index (χ4v) is 4.64. The van der Waals surface area contributed by atoms with Crippen LogP contribution in [-0.4, -0.2) is 48.9 Å². The number of carbonyl (C=O) groups is 1. The summed E-state index contributed by atoms with van der Waals surface area (Å²) >= 11 is 0. The molecule has 7 nitrogen and oxygen atoms in total. The average molecular weight is 458 g/mol. The zero-order chi connectivity index (χ0) is 23.2. The number of carbonyl (C=O) groups excluding carboxylic acids is 1. The lowest BCUT2D eigenvalue weighted by molar-refractivity contribution is -0.138. The number of rotatable bonds is 4. The third-order valence-corrected chi connectivity index (χ3v) is 6.08. The summed E-state index contributed by atoms with van der Waals surface area (Å²) in [6.07, 6.45) is 2.14. The smallest absolute Gasteiger partial charge is 0.349 e. The fourth-order valence-electron chi connectivity index (χ4n) is 4.64. The Bertz CT molecular complexity index is 1170. The van der Waals surface area contributed by atoms with E-state index in [0.29, 0.717) is 17.5 Å². The molecule has 2 saturated heterocycles. The summed E-state index contributed by atoms with van der Waals surface area (Å²) in [6.45, 7) is 0. The van der Waals surface area contributed by atoms with Gasteiger partial charge in [0, 0.05) is 36.4 Å². The highest BCUT2D eigenvalue weighted by Crippen LogP contribution is 2.40. The van der Waals surface area contributed by atoms with Crippen molar-refractivity contribution in [1.82, 2.24) is 24.8 Å². The molecule has 4 heterocycles. The largest absolute Gasteiger partial charge is 0.419 e. The summed E-state index contributed by atoms with van der Waals surface area (Å²) in [5.41, 5.74) is -0.321. The first-order valence-corrected chi connectivity index (χ1v) is 10.4. The summed E-state index contributed by atoms with van der Waals surface area (Å²) in [6, 6.07) is 5.08. The van der Waals surface area contributed by atoms with Crippen molar-refractivity contribution in [3.05, 3.63) is 66.0 Å². The summed E-state index contributed by atoms with van der Waals surface area (Å²) in [5, 5.41) is 3.07. The van der Waals surface area contributed by atoms with Gasteiger partial charge in [0.15, 0.2) is 5.82 Å². The molecule has 1 aromatic carbocycles. The maximum Gasteiger partial charge on any atom is 0.419 e. The summed E-state index contributed by atoms with van der Waals surface area (Å²) in [7, 11) is 0. The molecular formula is C22H18F4N6O. The fraction of sp³-hybridized carbons (Fsp3) is 0.318. The Kier molecular flexibility index (Phi) is 5.18. The van der Waals surface area contributed by atoms with Crippen molar-refractivity contribution < 1.29 is 22.4 Å². The summed E-state index contributed by atoms with van der Waals surface area (Å²) < 4.78 is 52.2. The molecule has 0 saturated carbocycles. The van der Waals surface area contributed by atoms with Crippen molar-refractivity contribution in [2.75, 3.05) is 5.32 Å². The van der Waals surface area contributed by atoms with Crippen molar-refractivity contribution in [2.24, 2.45) is 0 Å². The molecule has 3 aromatic rings. The lowest BCUT2D eigenvalue weighted by Gasteiger charge is -2.26. The van der Waals surface area contributed by atoms with E-state index >= 15 is 0 Å². The van der Waals surface area contributed by atoms with Crippen LogP contribution in [0.15, 0.2) is 49.1 Å². The molecule has 2 fully saturated rings. The molecule has 1 amide bonds. The lowest BCUT2D eigenvalue weighted by atomic mass is 9.96. The van der Waals surface area contributed by atoms with Crippen LogP contribution in [-0.2, 0) is 6.18 Å². The molecule has 3 atom stereocenters. The number of hydrogen-bond donors (Lipinski definition) is 1. The van der Waals surface area contributed by atoms with Crippen molar-refractivity contribution in [3.8, 4) is 11.4 Å². The standard InChI is InChI=1S/C22H18F4N6O/c23-13-2-4-15(16(8-13)19-27-6-1-7-28-19)20(33)32-14-3-5-18(32)17(9-14)31-21-29-10-12(11-30-21)22(24,25)26/h1-2,4,6-8,10-11,14,17-18H,3,5,9H2,(H,29,30,31). The molecule has 1 N–H and O–H groups in total. The molecule has 0 spiro atoms. The number of alkyl halides is 3. The molecule has 11 heteroatoms. The average Bonchev–Trinajstić information content (AvgIpc) is 3.37. The van der Waals surface area contributed by atoms with Gasteiger partial charge in [-0.15, -0.1) is 0 Å². The Morgan fingerprint density at radius 2 is 1.79 bits per heavy atom. The maximum atomic E-state index is 14.0. The Labute approximate surface area is 185 Å². The summed E-state index contributed by atoms with van der Waals surface area (Å²) in [4.78, 5) is 31.2. The van der Waals surface area contributed by atoms with Crippen LogP contribution in [0.4, 0.5) is 23.5 Å². The minimum Gasteiger partial charge on any atom is -0.349 e. The second-order valence-corrected chi connectivity index (χ2v) is 8.05. The van der Waals surface area contributed by atoms with Gasteiger partial charge in [-0.1, -0.05) is 0 Å². The Morgan fingerprint density at radius 1 is 1.06 bits per heavy atom. The van der Waals surface area contributed by atoms with E-state index in [0.717, 1.165) is 25.2 Å². The molecule has 0 aliphatic carbocycles. The van der Waals surface area contributed by atoms with Gasteiger partial charge in [0.1, 0.15) is 5.82 Å². The molecule has 2 aromatic heterocycles. The Hall–Kier alpha value is -3.63. The van der Waals surface area contributed by atoms with Crippen LogP contribution < -0.4 is 5.32 Å². The first-order valence-electron chi connectivity index (χ1n) is 10.4. The number of anilines is 1. The van der Waals surface area contributed by atoms with Crippen molar-refractivity contribution >= 4 is 11.9 Å². The molecular weight excluding hydrogens is 440 g/mol. The third kappa shape index (κ3) is 3.98. The number of nitrogens with one attached hydrogen (secondary N) is 1. The first kappa shape index (κ1) is 21.2. The van der Waals surface area contributed by atoms with E-state index in [1.807, 2.05) is 0 Å². The van der Waals surface area contributed by atoms with Crippen molar-refractivity contribution in [1.29, 1.82) is 0 Å². The van der Waals surface area contributed by atoms with E-state index in [4.69, 9.17) is 0 Å². The van der Waals surface area contributed by atoms with Gasteiger partial charge >= 0.3 is 6.18 Å². The molecule has 0 radical (unpaired) electrons. The lowest BCUT2D eigenvalue weighted by Crippen LogP contribution is -2.40. The van der Waals surface area contributed by atoms with Crippen molar-refractivity contribution in [3.63, 3.8) is 0 Å². The number of aromatic nitrogens is 4. The van der Waals surface area contributed by atoms with Crippen LogP contribution in [0.2, 0.25) is 0 Å². The zero-order valence-corrected chi connectivity index (χ0v) is 17.1. The second kappa shape index (κ2) is 8.05. The normalized spacial score (nSPS) is 21.9. The number of fused-ring (bicyclic) bond motifs is 2. The van der Waals surface area contributed by atoms with E-state index < -0.39 is 17.6 Å². The number of nitrogens with zero attached hydrogens (tertiary/aromatic N) is 5. The SMILES string of the molecule is O=C(c1ccc(F)cc1-c1ncccn1)N1C2CCC1C(Nc1ncc(C(F)(F)F)cn1)C2. The van der Waals surface area contributed by atoms with Gasteiger partial charge in [0.2, 0.25) is 5.95 Å². The minimum absolute atomic E-state index is 0.0518. The molecule has 33 heavy (non-hydrogen) atoms. The predicted molar refractivity (Wildman–Crippen MR) is 109 cm³/mol. The molecule has 5 rings (SSSR count). The van der Waals surface area contributed by atoms with Gasteiger partial charge < -0.3 is 10.2 Å². The summed E-state index contributed by atoms with van der Waals surface area (Å²) in [5.74, 6) is -0.437. The van der Waals surface area contributed by atoms with Gasteiger partial charge in [0.05, 0.1) is 23.2 Å². The van der Waals surface area contributed by atoms with Gasteiger partial charge in [-0.3, -0.25) is 4.79 Å². The minimum atomic E-state index is -4.51. The number of halogens is 4. The van der Waals surface area contributed by atoms with E-state index in [9.17, 15) is 22.4 Å². The molecule has 2 aliphatic rings. The predicted octanol–water partition coefficient (Wildman–Crippen LogP) is 3.95. The second-order valence-electron chi connectivity index (χ2n) is 8.05. The van der Waals surface area contributed by atoms with Crippen LogP contribution in [0.25, 0.3) is 11.4 Å². The highest BCUT2D eigenvalue weighted by molar-refractivity contribution is 6.01. The van der Waals surface area contributed by atoms with Gasteiger partial charge in [0.25, 0.3) is 5.91 Å². The number of benzene rings is 1. The van der Waals surface area contributed by atoms with E-state index in [1.165, 1.54) is 30.6 Å². The Balaban J connectivity index is 1.38. The van der Waals surface area contributed by atoms with Crippen LogP contribution in [0.5, 0.6) is 0 Å². The zero-order valence-electron chi connectivity index (χ0n) is 17.1. The highest BCUT2D eigenvalue weighted by Gasteiger charge is 2.49. The van der Waals surface area contributed by atoms with E-state index in [-0.39, 0.29) is 35.8 Å². The van der Waals surface area contributed by atoms with E-state index in [1.54, 1.807) is 11.0 Å². The third-order valence-electron chi connectivity index (χ3n) is 6.08. The first-order chi connectivity index (χ1) is 15.8. The van der Waals surface area contributed by atoms with Crippen LogP contribution in [0.1, 0.15) is 35.2 Å². The van der Waals surface area contributed by atoms with E-state index in [2.05, 4.69) is 25.3 Å². The Morgan fingerprint density at radius 3 is 2.48 bits per heavy atom. The molecule has 3 unspecified atom stereocenters. The molecule has 2 aliphatic heterocycles. The van der Waals surface area contributed by atoms with Crippen LogP contribution >= 0.6 is 0 Å². The molecule has 170 valence electrons. The highest BCUT2D eigenvalue weighted by atomic mass is 19.4. The van der Waals surface area contributed by atoms with Gasteiger partial charge in [-0.05, 0) is 43.5 Å². The van der Waals surface area contributed by atoms with Crippen LogP contribution in [0, 0.1) is 5.82 Å². The molecule has 2 bridgehead atoms. The van der Waals surface area contributed by atoms with Crippen LogP contribution in [0.3, 0.4) is 0 Å². The number of amides is 1. The number of hydrogen-bond acceptors (Lipinski definition) is 6. The van der Waals surface area contributed by atoms with Crippen molar-refractivity contribution in [2.45, 2.75) is 43.6 Å². The monoisotopic (exact) mass is 458 g/mol. The topological polar surface area (TPSA) is 83.9 Å². The van der Waals surface area contributed by atoms with Gasteiger partial charge in [-0.2, -0.15) is 13.2 Å². The maximum absolute atomic E-state index is 14.0. The quantitative estimate of drug-likeness (QED) is 0.596. The van der Waals surface area contributed by atoms with Gasteiger partial charge in [-0.25, -0.2) is 24.3 Å².